The van der Waals surface area contributed by atoms with E-state index in [-0.39, 0.29) is 17.7 Å². The first-order chi connectivity index (χ1) is 13.6. The van der Waals surface area contributed by atoms with Gasteiger partial charge in [0.1, 0.15) is 23.2 Å². The number of carbonyl (C=O) groups excluding carboxylic acids is 2. The maximum Gasteiger partial charge on any atom is 0.272 e. The number of likely N-dealkylation sites (tertiary alicyclic amines) is 1. The van der Waals surface area contributed by atoms with E-state index < -0.39 is 5.91 Å². The third-order valence-corrected chi connectivity index (χ3v) is 4.77. The molecule has 0 bridgehead atoms. The molecule has 1 unspecified atom stereocenters. The van der Waals surface area contributed by atoms with E-state index in [1.54, 1.807) is 17.0 Å². The fourth-order valence-electron chi connectivity index (χ4n) is 3.38. The summed E-state index contributed by atoms with van der Waals surface area (Å²) >= 11 is 0. The molecule has 2 amide bonds. The summed E-state index contributed by atoms with van der Waals surface area (Å²) < 4.78 is 5.97. The number of primary amides is 1. The topological polar surface area (TPSA) is 98.4 Å². The number of hydrogen-bond donors (Lipinski definition) is 1. The average molecular weight is 376 g/mol. The SMILES string of the molecule is NC(=O)c1cc(OC2CCCN(C(=O)c3ccc4ccccc4n3)C2)ccn1. The van der Waals surface area contributed by atoms with Gasteiger partial charge in [0.15, 0.2) is 0 Å². The second-order valence-corrected chi connectivity index (χ2v) is 6.76. The molecule has 0 radical (unpaired) electrons. The molecule has 3 aromatic rings. The molecule has 1 fully saturated rings. The molecule has 2 aromatic heterocycles. The molecule has 1 aliphatic rings. The first-order valence-corrected chi connectivity index (χ1v) is 9.18. The van der Waals surface area contributed by atoms with Gasteiger partial charge in [0.05, 0.1) is 12.1 Å². The van der Waals surface area contributed by atoms with Gasteiger partial charge in [0.25, 0.3) is 11.8 Å². The van der Waals surface area contributed by atoms with Gasteiger partial charge >= 0.3 is 0 Å². The number of nitrogens with two attached hydrogens (primary N) is 1. The lowest BCUT2D eigenvalue weighted by Crippen LogP contribution is -2.44. The van der Waals surface area contributed by atoms with Crippen LogP contribution >= 0.6 is 0 Å². The molecule has 142 valence electrons. The minimum atomic E-state index is -0.603. The van der Waals surface area contributed by atoms with Gasteiger partial charge in [-0.15, -0.1) is 0 Å². The molecule has 4 rings (SSSR count). The predicted molar refractivity (Wildman–Crippen MR) is 104 cm³/mol. The molecule has 7 heteroatoms. The maximum absolute atomic E-state index is 12.9. The molecule has 7 nitrogen and oxygen atoms in total. The number of hydrogen-bond acceptors (Lipinski definition) is 5. The normalized spacial score (nSPS) is 16.7. The molecule has 1 atom stereocenters. The largest absolute Gasteiger partial charge is 0.488 e. The number of piperidine rings is 1. The Kier molecular flexibility index (Phi) is 4.89. The highest BCUT2D eigenvalue weighted by atomic mass is 16.5. The van der Waals surface area contributed by atoms with E-state index in [9.17, 15) is 9.59 Å². The number of para-hydroxylation sites is 1. The third kappa shape index (κ3) is 3.78. The zero-order valence-corrected chi connectivity index (χ0v) is 15.2. The number of nitrogens with zero attached hydrogens (tertiary/aromatic N) is 3. The molecule has 2 N–H and O–H groups in total. The number of pyridine rings is 2. The van der Waals surface area contributed by atoms with Crippen LogP contribution in [0.1, 0.15) is 33.8 Å². The molecular weight excluding hydrogens is 356 g/mol. The number of ether oxygens (including phenoxy) is 1. The van der Waals surface area contributed by atoms with Crippen LogP contribution in [0.5, 0.6) is 5.75 Å². The van der Waals surface area contributed by atoms with Crippen molar-refractivity contribution in [2.75, 3.05) is 13.1 Å². The van der Waals surface area contributed by atoms with Crippen LogP contribution in [0, 0.1) is 0 Å². The van der Waals surface area contributed by atoms with Gasteiger partial charge in [-0.25, -0.2) is 4.98 Å². The van der Waals surface area contributed by atoms with Crippen molar-refractivity contribution in [3.8, 4) is 5.75 Å². The smallest absolute Gasteiger partial charge is 0.272 e. The van der Waals surface area contributed by atoms with Gasteiger partial charge < -0.3 is 15.4 Å². The maximum atomic E-state index is 12.9. The summed E-state index contributed by atoms with van der Waals surface area (Å²) in [5.74, 6) is -0.188. The van der Waals surface area contributed by atoms with Crippen LogP contribution in [-0.2, 0) is 0 Å². The zero-order valence-electron chi connectivity index (χ0n) is 15.2. The minimum absolute atomic E-state index is 0.105. The predicted octanol–water partition coefficient (Wildman–Crippen LogP) is 2.41. The van der Waals surface area contributed by atoms with Crippen LogP contribution in [0.3, 0.4) is 0 Å². The molecular formula is C21H20N4O3. The number of fused-ring (bicyclic) bond motifs is 1. The number of rotatable bonds is 4. The van der Waals surface area contributed by atoms with E-state index in [4.69, 9.17) is 10.5 Å². The minimum Gasteiger partial charge on any atom is -0.488 e. The standard InChI is InChI=1S/C21H20N4O3/c22-20(26)19-12-15(9-10-23-19)28-16-5-3-11-25(13-16)21(27)18-8-7-14-4-1-2-6-17(14)24-18/h1-2,4,6-10,12,16H,3,5,11,13H2,(H2,22,26). The lowest BCUT2D eigenvalue weighted by atomic mass is 10.1. The Balaban J connectivity index is 1.47. The van der Waals surface area contributed by atoms with Gasteiger partial charge in [-0.05, 0) is 31.0 Å². The third-order valence-electron chi connectivity index (χ3n) is 4.77. The van der Waals surface area contributed by atoms with Crippen LogP contribution in [0.2, 0.25) is 0 Å². The van der Waals surface area contributed by atoms with Crippen molar-refractivity contribution >= 4 is 22.7 Å². The van der Waals surface area contributed by atoms with Crippen LogP contribution in [0.4, 0.5) is 0 Å². The Morgan fingerprint density at radius 3 is 2.82 bits per heavy atom. The number of aromatic nitrogens is 2. The van der Waals surface area contributed by atoms with Gasteiger partial charge in [-0.3, -0.25) is 14.6 Å². The second-order valence-electron chi connectivity index (χ2n) is 6.76. The molecule has 1 saturated heterocycles. The Morgan fingerprint density at radius 2 is 1.96 bits per heavy atom. The number of benzene rings is 1. The van der Waals surface area contributed by atoms with Crippen molar-refractivity contribution in [2.45, 2.75) is 18.9 Å². The quantitative estimate of drug-likeness (QED) is 0.754. The van der Waals surface area contributed by atoms with Gasteiger partial charge in [0.2, 0.25) is 0 Å². The van der Waals surface area contributed by atoms with E-state index in [0.29, 0.717) is 24.5 Å². The van der Waals surface area contributed by atoms with Crippen molar-refractivity contribution in [3.63, 3.8) is 0 Å². The van der Waals surface area contributed by atoms with Crippen LogP contribution in [-0.4, -0.2) is 45.9 Å². The Bertz CT molecular complexity index is 1040. The second kappa shape index (κ2) is 7.64. The number of carbonyl (C=O) groups is 2. The van der Waals surface area contributed by atoms with Gasteiger partial charge in [-0.1, -0.05) is 24.3 Å². The van der Waals surface area contributed by atoms with Crippen molar-refractivity contribution in [3.05, 3.63) is 66.1 Å². The van der Waals surface area contributed by atoms with E-state index in [1.165, 1.54) is 12.3 Å². The highest BCUT2D eigenvalue weighted by Crippen LogP contribution is 2.21. The molecule has 28 heavy (non-hydrogen) atoms. The molecule has 0 aliphatic carbocycles. The lowest BCUT2D eigenvalue weighted by Gasteiger charge is -2.32. The van der Waals surface area contributed by atoms with Gasteiger partial charge in [0, 0.05) is 24.2 Å². The van der Waals surface area contributed by atoms with Gasteiger partial charge in [-0.2, -0.15) is 0 Å². The van der Waals surface area contributed by atoms with Crippen molar-refractivity contribution in [1.29, 1.82) is 0 Å². The summed E-state index contributed by atoms with van der Waals surface area (Å²) in [4.78, 5) is 34.4. The van der Waals surface area contributed by atoms with Crippen LogP contribution in [0.15, 0.2) is 54.7 Å². The number of amides is 2. The summed E-state index contributed by atoms with van der Waals surface area (Å²) in [6.07, 6.45) is 2.97. The molecule has 0 saturated carbocycles. The first kappa shape index (κ1) is 17.9. The van der Waals surface area contributed by atoms with Crippen LogP contribution in [0.25, 0.3) is 10.9 Å². The molecule has 1 aromatic carbocycles. The monoisotopic (exact) mass is 376 g/mol. The van der Waals surface area contributed by atoms with E-state index in [0.717, 1.165) is 23.7 Å². The highest BCUT2D eigenvalue weighted by molar-refractivity contribution is 5.95. The van der Waals surface area contributed by atoms with E-state index in [2.05, 4.69) is 9.97 Å². The fraction of sp³-hybridized carbons (Fsp3) is 0.238. The van der Waals surface area contributed by atoms with Crippen molar-refractivity contribution < 1.29 is 14.3 Å². The lowest BCUT2D eigenvalue weighted by molar-refractivity contribution is 0.0533. The Labute approximate surface area is 162 Å². The summed E-state index contributed by atoms with van der Waals surface area (Å²) in [6.45, 7) is 1.12. The summed E-state index contributed by atoms with van der Waals surface area (Å²) in [5, 5.41) is 1.00. The molecule has 1 aliphatic heterocycles. The summed E-state index contributed by atoms with van der Waals surface area (Å²) in [6, 6.07) is 14.6. The Hall–Kier alpha value is -3.48. The van der Waals surface area contributed by atoms with E-state index in [1.807, 2.05) is 30.3 Å². The highest BCUT2D eigenvalue weighted by Gasteiger charge is 2.26. The average Bonchev–Trinajstić information content (AvgIpc) is 2.73. The first-order valence-electron chi connectivity index (χ1n) is 9.18. The fourth-order valence-corrected chi connectivity index (χ4v) is 3.38. The van der Waals surface area contributed by atoms with E-state index >= 15 is 0 Å². The molecule has 0 spiro atoms. The Morgan fingerprint density at radius 1 is 1.11 bits per heavy atom. The summed E-state index contributed by atoms with van der Waals surface area (Å²) in [5.41, 5.74) is 6.65. The zero-order chi connectivity index (χ0) is 19.5. The summed E-state index contributed by atoms with van der Waals surface area (Å²) in [7, 11) is 0. The molecule has 3 heterocycles. The van der Waals surface area contributed by atoms with Crippen molar-refractivity contribution in [2.24, 2.45) is 5.73 Å². The van der Waals surface area contributed by atoms with Crippen LogP contribution < -0.4 is 10.5 Å². The van der Waals surface area contributed by atoms with Crippen molar-refractivity contribution in [1.82, 2.24) is 14.9 Å².